The summed E-state index contributed by atoms with van der Waals surface area (Å²) < 4.78 is 65.6. The van der Waals surface area contributed by atoms with Gasteiger partial charge in [0.25, 0.3) is 5.69 Å². The van der Waals surface area contributed by atoms with E-state index in [2.05, 4.69) is 0 Å². The second-order valence-corrected chi connectivity index (χ2v) is 6.94. The molecule has 0 spiro atoms. The van der Waals surface area contributed by atoms with Gasteiger partial charge in [0.2, 0.25) is 10.0 Å². The predicted octanol–water partition coefficient (Wildman–Crippen LogP) is 2.39. The summed E-state index contributed by atoms with van der Waals surface area (Å²) >= 11 is 0. The van der Waals surface area contributed by atoms with Crippen molar-refractivity contribution in [1.29, 1.82) is 0 Å². The van der Waals surface area contributed by atoms with Crippen LogP contribution in [0.3, 0.4) is 0 Å². The van der Waals surface area contributed by atoms with Crippen LogP contribution in [0.4, 0.5) is 18.9 Å². The molecule has 1 aromatic rings. The van der Waals surface area contributed by atoms with Crippen LogP contribution in [0.5, 0.6) is 0 Å². The SMILES string of the molecule is CC[C@H](C)[C@H](NS(=O)(=O)c1ccc([N+](=O)[O-])cc1C(F)(F)F)C(=O)O. The minimum atomic E-state index is -5.19. The molecule has 0 aliphatic carbocycles. The van der Waals surface area contributed by atoms with Crippen LogP contribution >= 0.6 is 0 Å². The number of nitro benzene ring substituents is 1. The smallest absolute Gasteiger partial charge is 0.417 e. The third-order valence-electron chi connectivity index (χ3n) is 3.53. The second kappa shape index (κ2) is 7.35. The van der Waals surface area contributed by atoms with E-state index in [1.807, 2.05) is 0 Å². The van der Waals surface area contributed by atoms with Crippen LogP contribution in [0.15, 0.2) is 23.1 Å². The molecule has 0 saturated carbocycles. The Hall–Kier alpha value is -2.21. The summed E-state index contributed by atoms with van der Waals surface area (Å²) in [6.07, 6.45) is -4.93. The van der Waals surface area contributed by atoms with Gasteiger partial charge in [0.15, 0.2) is 0 Å². The van der Waals surface area contributed by atoms with Crippen molar-refractivity contribution in [2.45, 2.75) is 37.4 Å². The molecule has 12 heteroatoms. The molecule has 25 heavy (non-hydrogen) atoms. The molecule has 2 N–H and O–H groups in total. The standard InChI is InChI=1S/C13H15F3N2O6S/c1-3-7(2)11(12(19)20)17-25(23,24)10-5-4-8(18(21)22)6-9(10)13(14,15)16/h4-7,11,17H,3H2,1-2H3,(H,19,20)/t7-,11-/m0/s1. The van der Waals surface area contributed by atoms with Crippen molar-refractivity contribution in [3.8, 4) is 0 Å². The summed E-state index contributed by atoms with van der Waals surface area (Å²) in [5.41, 5.74) is -2.69. The van der Waals surface area contributed by atoms with Crippen molar-refractivity contribution < 1.29 is 36.4 Å². The van der Waals surface area contributed by atoms with Gasteiger partial charge in [0, 0.05) is 12.1 Å². The van der Waals surface area contributed by atoms with Gasteiger partial charge in [-0.15, -0.1) is 0 Å². The Morgan fingerprint density at radius 3 is 2.36 bits per heavy atom. The van der Waals surface area contributed by atoms with E-state index in [0.29, 0.717) is 12.1 Å². The number of nitro groups is 1. The number of carboxylic acids is 1. The Morgan fingerprint density at radius 1 is 1.40 bits per heavy atom. The number of alkyl halides is 3. The zero-order valence-corrected chi connectivity index (χ0v) is 13.9. The fourth-order valence-corrected chi connectivity index (χ4v) is 3.47. The van der Waals surface area contributed by atoms with E-state index in [9.17, 15) is 36.5 Å². The molecular weight excluding hydrogens is 369 g/mol. The average molecular weight is 384 g/mol. The molecular formula is C13H15F3N2O6S. The lowest BCUT2D eigenvalue weighted by Gasteiger charge is -2.21. The lowest BCUT2D eigenvalue weighted by molar-refractivity contribution is -0.385. The molecule has 0 unspecified atom stereocenters. The van der Waals surface area contributed by atoms with Gasteiger partial charge >= 0.3 is 12.1 Å². The Morgan fingerprint density at radius 2 is 1.96 bits per heavy atom. The number of nitrogens with one attached hydrogen (secondary N) is 1. The first kappa shape index (κ1) is 20.8. The fourth-order valence-electron chi connectivity index (χ4n) is 1.96. The largest absolute Gasteiger partial charge is 0.480 e. The molecule has 0 heterocycles. The molecule has 1 rings (SSSR count). The molecule has 0 amide bonds. The number of carbonyl (C=O) groups is 1. The number of benzene rings is 1. The van der Waals surface area contributed by atoms with Crippen molar-refractivity contribution in [2.24, 2.45) is 5.92 Å². The summed E-state index contributed by atoms with van der Waals surface area (Å²) in [5.74, 6) is -2.24. The van der Waals surface area contributed by atoms with Crippen LogP contribution < -0.4 is 4.72 Å². The number of rotatable bonds is 7. The monoisotopic (exact) mass is 384 g/mol. The Kier molecular flexibility index (Phi) is 6.13. The summed E-state index contributed by atoms with van der Waals surface area (Å²) in [5, 5.41) is 19.7. The molecule has 0 bridgehead atoms. The van der Waals surface area contributed by atoms with Crippen LogP contribution in [-0.2, 0) is 21.0 Å². The highest BCUT2D eigenvalue weighted by Gasteiger charge is 2.40. The predicted molar refractivity (Wildman–Crippen MR) is 79.3 cm³/mol. The minimum Gasteiger partial charge on any atom is -0.480 e. The normalized spacial score (nSPS) is 14.8. The minimum absolute atomic E-state index is 0.0909. The molecule has 0 aliphatic heterocycles. The molecule has 8 nitrogen and oxygen atoms in total. The summed E-state index contributed by atoms with van der Waals surface area (Å²) in [7, 11) is -4.89. The highest BCUT2D eigenvalue weighted by molar-refractivity contribution is 7.89. The highest BCUT2D eigenvalue weighted by Crippen LogP contribution is 2.36. The number of hydrogen-bond donors (Lipinski definition) is 2. The van der Waals surface area contributed by atoms with Gasteiger partial charge < -0.3 is 5.11 Å². The number of nitrogens with zero attached hydrogens (tertiary/aromatic N) is 1. The van der Waals surface area contributed by atoms with E-state index < -0.39 is 55.2 Å². The van der Waals surface area contributed by atoms with E-state index in [1.165, 1.54) is 6.92 Å². The van der Waals surface area contributed by atoms with Crippen LogP contribution in [-0.4, -0.2) is 30.5 Å². The first-order valence-corrected chi connectivity index (χ1v) is 8.40. The van der Waals surface area contributed by atoms with Crippen molar-refractivity contribution >= 4 is 21.7 Å². The van der Waals surface area contributed by atoms with Crippen molar-refractivity contribution in [3.63, 3.8) is 0 Å². The maximum absolute atomic E-state index is 13.1. The Balaban J connectivity index is 3.47. The lowest BCUT2D eigenvalue weighted by atomic mass is 10.0. The molecule has 140 valence electrons. The zero-order valence-electron chi connectivity index (χ0n) is 13.1. The summed E-state index contributed by atoms with van der Waals surface area (Å²) in [6, 6.07) is -0.527. The van der Waals surface area contributed by atoms with Gasteiger partial charge in [-0.25, -0.2) is 8.42 Å². The van der Waals surface area contributed by atoms with Crippen molar-refractivity contribution in [3.05, 3.63) is 33.9 Å². The van der Waals surface area contributed by atoms with Crippen LogP contribution in [0.2, 0.25) is 0 Å². The molecule has 0 fully saturated rings. The van der Waals surface area contributed by atoms with Gasteiger partial charge in [0.1, 0.15) is 6.04 Å². The third-order valence-corrected chi connectivity index (χ3v) is 5.03. The molecule has 0 aliphatic rings. The molecule has 0 radical (unpaired) electrons. The maximum Gasteiger partial charge on any atom is 0.417 e. The second-order valence-electron chi connectivity index (χ2n) is 5.26. The fraction of sp³-hybridized carbons (Fsp3) is 0.462. The molecule has 0 aromatic heterocycles. The van der Waals surface area contributed by atoms with Crippen molar-refractivity contribution in [1.82, 2.24) is 4.72 Å². The highest BCUT2D eigenvalue weighted by atomic mass is 32.2. The average Bonchev–Trinajstić information content (AvgIpc) is 2.50. The van der Waals surface area contributed by atoms with Crippen LogP contribution in [0, 0.1) is 16.0 Å². The number of halogens is 3. The van der Waals surface area contributed by atoms with E-state index in [0.717, 1.165) is 0 Å². The molecule has 0 saturated heterocycles. The van der Waals surface area contributed by atoms with E-state index >= 15 is 0 Å². The van der Waals surface area contributed by atoms with Gasteiger partial charge in [-0.05, 0) is 12.0 Å². The quantitative estimate of drug-likeness (QED) is 0.549. The lowest BCUT2D eigenvalue weighted by Crippen LogP contribution is -2.45. The van der Waals surface area contributed by atoms with Crippen LogP contribution in [0.25, 0.3) is 0 Å². The van der Waals surface area contributed by atoms with Crippen molar-refractivity contribution in [2.75, 3.05) is 0 Å². The number of carboxylic acid groups (broad SMARTS) is 1. The molecule has 2 atom stereocenters. The van der Waals surface area contributed by atoms with E-state index in [-0.39, 0.29) is 12.5 Å². The zero-order chi connectivity index (χ0) is 19.6. The molecule has 1 aromatic carbocycles. The van der Waals surface area contributed by atoms with Gasteiger partial charge in [-0.2, -0.15) is 17.9 Å². The Labute approximate surface area is 140 Å². The number of non-ortho nitro benzene ring substituents is 1. The van der Waals surface area contributed by atoms with E-state index in [1.54, 1.807) is 11.6 Å². The topological polar surface area (TPSA) is 127 Å². The Bertz CT molecular complexity index is 778. The van der Waals surface area contributed by atoms with Gasteiger partial charge in [0.05, 0.1) is 15.4 Å². The van der Waals surface area contributed by atoms with E-state index in [4.69, 9.17) is 5.11 Å². The van der Waals surface area contributed by atoms with Gasteiger partial charge in [-0.3, -0.25) is 14.9 Å². The third kappa shape index (κ3) is 4.89. The number of aliphatic carboxylic acids is 1. The number of sulfonamides is 1. The summed E-state index contributed by atoms with van der Waals surface area (Å²) in [6.45, 7) is 3.00. The number of hydrogen-bond acceptors (Lipinski definition) is 5. The van der Waals surface area contributed by atoms with Gasteiger partial charge in [-0.1, -0.05) is 20.3 Å². The van der Waals surface area contributed by atoms with Crippen LogP contribution in [0.1, 0.15) is 25.8 Å². The first-order chi connectivity index (χ1) is 11.3. The summed E-state index contributed by atoms with van der Waals surface area (Å²) in [4.78, 5) is 19.5. The first-order valence-electron chi connectivity index (χ1n) is 6.92. The maximum atomic E-state index is 13.1.